The zero-order valence-corrected chi connectivity index (χ0v) is 42.3. The van der Waals surface area contributed by atoms with Gasteiger partial charge in [0.1, 0.15) is 23.9 Å². The summed E-state index contributed by atoms with van der Waals surface area (Å²) in [5.41, 5.74) is 10.4. The summed E-state index contributed by atoms with van der Waals surface area (Å²) in [5.74, 6) is -1.25. The Kier molecular flexibility index (Phi) is 16.1. The van der Waals surface area contributed by atoms with Gasteiger partial charge < -0.3 is 29.0 Å². The van der Waals surface area contributed by atoms with Crippen molar-refractivity contribution >= 4 is 46.3 Å². The number of rotatable bonds is 13. The molecule has 0 radical (unpaired) electrons. The van der Waals surface area contributed by atoms with E-state index < -0.39 is 46.9 Å². The number of hydrogen-bond acceptors (Lipinski definition) is 11. The number of esters is 1. The highest BCUT2D eigenvalue weighted by Gasteiger charge is 2.38. The third kappa shape index (κ3) is 11.8. The van der Waals surface area contributed by atoms with Crippen molar-refractivity contribution in [2.24, 2.45) is 21.3 Å². The van der Waals surface area contributed by atoms with Gasteiger partial charge in [-0.1, -0.05) is 58.0 Å². The van der Waals surface area contributed by atoms with Gasteiger partial charge in [-0.05, 0) is 116 Å². The van der Waals surface area contributed by atoms with E-state index in [4.69, 9.17) is 14.2 Å². The molecule has 1 fully saturated rings. The Morgan fingerprint density at radius 1 is 1.06 bits per heavy atom. The number of likely N-dealkylation sites (N-methyl/N-ethyl adjacent to an activating group) is 1. The summed E-state index contributed by atoms with van der Waals surface area (Å²) < 4.78 is 19.3. The van der Waals surface area contributed by atoms with Crippen LogP contribution in [-0.2, 0) is 54.6 Å². The summed E-state index contributed by atoms with van der Waals surface area (Å²) in [6, 6.07) is 23.6. The van der Waals surface area contributed by atoms with E-state index in [0.29, 0.717) is 50.4 Å². The van der Waals surface area contributed by atoms with E-state index in [1.54, 1.807) is 65.6 Å². The first-order valence-electron chi connectivity index (χ1n) is 24.2. The van der Waals surface area contributed by atoms with Gasteiger partial charge >= 0.3 is 5.97 Å². The van der Waals surface area contributed by atoms with Gasteiger partial charge in [-0.15, -0.1) is 0 Å². The number of hydrogen-bond donors (Lipinski definition) is 2. The predicted octanol–water partition coefficient (Wildman–Crippen LogP) is 8.35. The van der Waals surface area contributed by atoms with E-state index in [0.717, 1.165) is 50.0 Å². The Morgan fingerprint density at radius 2 is 1.81 bits per heavy atom. The third-order valence-corrected chi connectivity index (χ3v) is 13.2. The zero-order valence-electron chi connectivity index (χ0n) is 42.3. The van der Waals surface area contributed by atoms with Crippen LogP contribution in [0.3, 0.4) is 0 Å². The third-order valence-electron chi connectivity index (χ3n) is 13.2. The quantitative estimate of drug-likeness (QED) is 0.0871. The van der Waals surface area contributed by atoms with Gasteiger partial charge in [0.25, 0.3) is 5.91 Å². The van der Waals surface area contributed by atoms with E-state index >= 15 is 0 Å². The van der Waals surface area contributed by atoms with Crippen LogP contribution in [0.2, 0.25) is 0 Å². The molecule has 15 heteroatoms. The molecule has 6 bridgehead atoms. The summed E-state index contributed by atoms with van der Waals surface area (Å²) in [6.07, 6.45) is 5.42. The number of carbonyl (C=O) groups is 4. The molecule has 7 rings (SSSR count). The second-order valence-electron chi connectivity index (χ2n) is 20.2. The number of pyridine rings is 1. The highest BCUT2D eigenvalue weighted by molar-refractivity contribution is 5.96. The summed E-state index contributed by atoms with van der Waals surface area (Å²) in [4.78, 5) is 72.0. The van der Waals surface area contributed by atoms with Gasteiger partial charge in [-0.25, -0.2) is 10.4 Å². The monoisotopic (exact) mass is 953 g/mol. The van der Waals surface area contributed by atoms with Gasteiger partial charge in [-0.3, -0.25) is 29.2 Å². The molecule has 2 aliphatic rings. The number of benzene rings is 3. The molecule has 2 aliphatic heterocycles. The normalized spacial score (nSPS) is 17.8. The maximum absolute atomic E-state index is 14.8. The number of nitrogens with zero attached hydrogens (tertiary/aromatic N) is 6. The van der Waals surface area contributed by atoms with E-state index in [1.165, 1.54) is 9.91 Å². The van der Waals surface area contributed by atoms with Crippen LogP contribution >= 0.6 is 0 Å². The first-order valence-corrected chi connectivity index (χ1v) is 24.2. The molecule has 15 nitrogen and oxygen atoms in total. The molecule has 1 saturated heterocycles. The topological polar surface area (TPSA) is 169 Å². The van der Waals surface area contributed by atoms with Crippen LogP contribution in [0, 0.1) is 11.3 Å². The van der Waals surface area contributed by atoms with Crippen LogP contribution in [-0.4, -0.2) is 107 Å². The molecule has 4 heterocycles. The summed E-state index contributed by atoms with van der Waals surface area (Å²) in [5, 5.41) is 5.59. The molecule has 3 aromatic carbocycles. The fourth-order valence-corrected chi connectivity index (χ4v) is 9.60. The molecular formula is C55H68N8O7. The molecule has 0 spiro atoms. The first kappa shape index (κ1) is 51.2. The van der Waals surface area contributed by atoms with Crippen molar-refractivity contribution in [3.05, 3.63) is 102 Å². The molecule has 5 aromatic rings. The summed E-state index contributed by atoms with van der Waals surface area (Å²) >= 11 is 0. The van der Waals surface area contributed by atoms with Crippen LogP contribution in [0.5, 0.6) is 5.75 Å². The van der Waals surface area contributed by atoms with Crippen LogP contribution in [0.4, 0.5) is 5.69 Å². The van der Waals surface area contributed by atoms with Crippen molar-refractivity contribution in [2.75, 3.05) is 34.4 Å². The number of methoxy groups -OCH3 is 2. The van der Waals surface area contributed by atoms with Crippen molar-refractivity contribution in [1.29, 1.82) is 0 Å². The minimum atomic E-state index is -1.06. The number of amides is 3. The van der Waals surface area contributed by atoms with Crippen molar-refractivity contribution in [3.63, 3.8) is 0 Å². The van der Waals surface area contributed by atoms with Crippen molar-refractivity contribution < 1.29 is 33.4 Å². The van der Waals surface area contributed by atoms with E-state index in [9.17, 15) is 19.2 Å². The minimum absolute atomic E-state index is 0.0251. The Balaban J connectivity index is 1.23. The van der Waals surface area contributed by atoms with Gasteiger partial charge in [0.2, 0.25) is 11.8 Å². The number of aromatic nitrogens is 2. The molecule has 0 saturated carbocycles. The van der Waals surface area contributed by atoms with Gasteiger partial charge in [-0.2, -0.15) is 4.99 Å². The smallest absolute Gasteiger partial charge is 0.324 e. The number of aryl methyl sites for hydroxylation is 1. The SMILES string of the molecule is CCn1c(-c2cnccc2COC)c2c3cc(ccc31)-c1cccc(c1)C[C@H](NC(=O)[C@H](C(C)C)N(C)C(=O)CC(C)(C)N=C=Nc1ccc(OC)cc1)C(=O)N1CCC[C@H](N1)C(=O)OCC(C)(C)C2. The zero-order chi connectivity index (χ0) is 50.3. The number of ether oxygens (including phenoxy) is 3. The summed E-state index contributed by atoms with van der Waals surface area (Å²) in [6.45, 7) is 15.3. The Morgan fingerprint density at radius 3 is 2.53 bits per heavy atom. The lowest BCUT2D eigenvalue weighted by atomic mass is 9.84. The molecule has 3 atom stereocenters. The number of cyclic esters (lactones) is 1. The highest BCUT2D eigenvalue weighted by atomic mass is 16.5. The fourth-order valence-electron chi connectivity index (χ4n) is 9.60. The second-order valence-corrected chi connectivity index (χ2v) is 20.2. The highest BCUT2D eigenvalue weighted by Crippen LogP contribution is 2.41. The lowest BCUT2D eigenvalue weighted by Crippen LogP contribution is -2.62. The van der Waals surface area contributed by atoms with Crippen molar-refractivity contribution in [3.8, 4) is 28.1 Å². The van der Waals surface area contributed by atoms with Crippen molar-refractivity contribution in [1.82, 2.24) is 30.2 Å². The minimum Gasteiger partial charge on any atom is -0.497 e. The number of aliphatic imine (C=N–C) groups is 2. The summed E-state index contributed by atoms with van der Waals surface area (Å²) in [7, 11) is 4.89. The molecule has 0 aliphatic carbocycles. The number of fused-ring (bicyclic) bond motifs is 6. The number of nitrogens with one attached hydrogen (secondary N) is 2. The molecular weight excluding hydrogens is 885 g/mol. The largest absolute Gasteiger partial charge is 0.497 e. The molecule has 3 amide bonds. The van der Waals surface area contributed by atoms with Crippen LogP contribution in [0.25, 0.3) is 33.3 Å². The van der Waals surface area contributed by atoms with Crippen LogP contribution < -0.4 is 15.5 Å². The van der Waals surface area contributed by atoms with Gasteiger partial charge in [0, 0.05) is 67.9 Å². The lowest BCUT2D eigenvalue weighted by Gasteiger charge is -2.37. The molecule has 2 aromatic heterocycles. The maximum Gasteiger partial charge on any atom is 0.324 e. The Labute approximate surface area is 411 Å². The van der Waals surface area contributed by atoms with E-state index in [1.807, 2.05) is 38.2 Å². The van der Waals surface area contributed by atoms with Crippen molar-refractivity contribution in [2.45, 2.75) is 117 Å². The molecule has 0 unspecified atom stereocenters. The fraction of sp³-hybridized carbons (Fsp3) is 0.455. The molecule has 70 heavy (non-hydrogen) atoms. The average molecular weight is 953 g/mol. The predicted molar refractivity (Wildman–Crippen MR) is 272 cm³/mol. The Hall–Kier alpha value is -6.67. The number of hydrazine groups is 1. The van der Waals surface area contributed by atoms with E-state index in [-0.39, 0.29) is 31.3 Å². The molecule has 2 N–H and O–H groups in total. The number of carbonyl (C=O) groups excluding carboxylic acids is 4. The first-order chi connectivity index (χ1) is 33.4. The van der Waals surface area contributed by atoms with E-state index in [2.05, 4.69) is 87.4 Å². The van der Waals surface area contributed by atoms with Crippen LogP contribution in [0.15, 0.2) is 95.2 Å². The van der Waals surface area contributed by atoms with Crippen LogP contribution in [0.1, 0.15) is 84.4 Å². The second kappa shape index (κ2) is 22.0. The van der Waals surface area contributed by atoms with Gasteiger partial charge in [0.15, 0.2) is 0 Å². The Bertz CT molecular complexity index is 2770. The van der Waals surface area contributed by atoms with Gasteiger partial charge in [0.05, 0.1) is 49.7 Å². The molecule has 370 valence electrons. The standard InChI is InChI=1S/C55H68N8O7/c1-11-62-47-22-17-38-28-42(47)43(50(62)44-31-56-24-23-39(44)32-68-9)29-54(4,5)33-70-53(67)45-16-13-25-63(60-45)52(66)46(27-36-14-12-15-37(38)26-36)59-51(65)49(35(2)3)61(8)48(64)30-55(6,7)58-34-57-40-18-20-41(69-10)21-19-40/h12,14-15,17-24,26,28,31,35,45-46,49,60H,11,13,16,25,27,29-30,32-33H2,1-10H3,(H,59,65)/t45-,46-,49-/m0/s1. The maximum atomic E-state index is 14.8. The lowest BCUT2D eigenvalue weighted by molar-refractivity contribution is -0.155. The average Bonchev–Trinajstić information content (AvgIpc) is 3.64.